The van der Waals surface area contributed by atoms with Gasteiger partial charge in [0, 0.05) is 11.6 Å². The van der Waals surface area contributed by atoms with Crippen LogP contribution in [0.2, 0.25) is 0 Å². The van der Waals surface area contributed by atoms with E-state index < -0.39 is 11.6 Å². The van der Waals surface area contributed by atoms with Gasteiger partial charge < -0.3 is 10.5 Å². The number of rotatable bonds is 4. The highest BCUT2D eigenvalue weighted by atomic mass is 16.6. The average molecular weight is 241 g/mol. The monoisotopic (exact) mass is 241 g/mol. The zero-order valence-corrected chi connectivity index (χ0v) is 10.4. The maximum Gasteiger partial charge on any atom is 0.332 e. The SMILES string of the molecule is C/C(CC[C@@H]1CC(=O)OC1(C)C)=N\NC(N)=O. The minimum absolute atomic E-state index is 0.148. The van der Waals surface area contributed by atoms with Crippen LogP contribution in [0.4, 0.5) is 4.79 Å². The second-order valence-electron chi connectivity index (χ2n) is 4.84. The van der Waals surface area contributed by atoms with Crippen molar-refractivity contribution in [3.63, 3.8) is 0 Å². The number of nitrogens with zero attached hydrogens (tertiary/aromatic N) is 1. The second kappa shape index (κ2) is 5.16. The molecule has 1 aliphatic heterocycles. The minimum atomic E-state index is -0.677. The first-order chi connectivity index (χ1) is 7.81. The van der Waals surface area contributed by atoms with Gasteiger partial charge in [-0.1, -0.05) is 0 Å². The minimum Gasteiger partial charge on any atom is -0.459 e. The number of primary amides is 1. The van der Waals surface area contributed by atoms with E-state index in [0.29, 0.717) is 12.8 Å². The molecule has 1 rings (SSSR count). The number of esters is 1. The zero-order valence-electron chi connectivity index (χ0n) is 10.4. The van der Waals surface area contributed by atoms with E-state index in [1.807, 2.05) is 13.8 Å². The molecule has 0 saturated carbocycles. The number of cyclic esters (lactones) is 1. The standard InChI is InChI=1S/C11H19N3O3/c1-7(13-14-10(12)16)4-5-8-6-9(15)17-11(8,2)3/h8H,4-6H2,1-3H3,(H3,12,14,16)/b13-7+/t8-/m1/s1. The van der Waals surface area contributed by atoms with Crippen molar-refractivity contribution in [1.82, 2.24) is 5.43 Å². The van der Waals surface area contributed by atoms with Gasteiger partial charge in [-0.3, -0.25) is 4.79 Å². The van der Waals surface area contributed by atoms with E-state index >= 15 is 0 Å². The van der Waals surface area contributed by atoms with Gasteiger partial charge in [-0.2, -0.15) is 5.10 Å². The summed E-state index contributed by atoms with van der Waals surface area (Å²) in [6, 6.07) is -0.677. The first-order valence-corrected chi connectivity index (χ1v) is 5.61. The Morgan fingerprint density at radius 3 is 2.76 bits per heavy atom. The summed E-state index contributed by atoms with van der Waals surface area (Å²) in [5, 5.41) is 3.82. The molecule has 0 aliphatic carbocycles. The van der Waals surface area contributed by atoms with Gasteiger partial charge in [0.2, 0.25) is 0 Å². The molecule has 3 N–H and O–H groups in total. The fourth-order valence-corrected chi connectivity index (χ4v) is 1.90. The molecular weight excluding hydrogens is 222 g/mol. The highest BCUT2D eigenvalue weighted by Crippen LogP contribution is 2.35. The summed E-state index contributed by atoms with van der Waals surface area (Å²) in [5.41, 5.74) is 7.45. The Kier molecular flexibility index (Phi) is 4.09. The van der Waals surface area contributed by atoms with Crippen molar-refractivity contribution in [2.75, 3.05) is 0 Å². The van der Waals surface area contributed by atoms with E-state index in [2.05, 4.69) is 10.5 Å². The van der Waals surface area contributed by atoms with Crippen molar-refractivity contribution in [2.45, 2.75) is 45.6 Å². The van der Waals surface area contributed by atoms with Crippen LogP contribution in [0.1, 0.15) is 40.0 Å². The van der Waals surface area contributed by atoms with Gasteiger partial charge in [-0.25, -0.2) is 10.2 Å². The van der Waals surface area contributed by atoms with Crippen molar-refractivity contribution in [3.8, 4) is 0 Å². The maximum atomic E-state index is 11.2. The van der Waals surface area contributed by atoms with E-state index in [1.165, 1.54) is 0 Å². The van der Waals surface area contributed by atoms with Crippen LogP contribution in [0.3, 0.4) is 0 Å². The molecule has 1 aliphatic rings. The molecule has 2 amide bonds. The molecule has 1 heterocycles. The molecule has 0 spiro atoms. The Balaban J connectivity index is 2.43. The summed E-state index contributed by atoms with van der Waals surface area (Å²) in [7, 11) is 0. The third-order valence-corrected chi connectivity index (χ3v) is 2.98. The van der Waals surface area contributed by atoms with Gasteiger partial charge >= 0.3 is 12.0 Å². The number of hydrogen-bond donors (Lipinski definition) is 2. The molecule has 0 unspecified atom stereocenters. The first kappa shape index (κ1) is 13.5. The lowest BCUT2D eigenvalue weighted by Crippen LogP contribution is -2.28. The van der Waals surface area contributed by atoms with Crippen molar-refractivity contribution >= 4 is 17.7 Å². The fraction of sp³-hybridized carbons (Fsp3) is 0.727. The molecule has 1 fully saturated rings. The number of carbonyl (C=O) groups is 2. The molecule has 0 radical (unpaired) electrons. The predicted molar refractivity (Wildman–Crippen MR) is 63.3 cm³/mol. The molecule has 6 heteroatoms. The van der Waals surface area contributed by atoms with Crippen molar-refractivity contribution in [3.05, 3.63) is 0 Å². The first-order valence-electron chi connectivity index (χ1n) is 5.61. The van der Waals surface area contributed by atoms with Crippen LogP contribution in [-0.4, -0.2) is 23.3 Å². The zero-order chi connectivity index (χ0) is 13.1. The normalized spacial score (nSPS) is 23.4. The topological polar surface area (TPSA) is 93.8 Å². The number of carbonyl (C=O) groups excluding carboxylic acids is 2. The number of ether oxygens (including phenoxy) is 1. The molecule has 17 heavy (non-hydrogen) atoms. The van der Waals surface area contributed by atoms with Gasteiger partial charge in [0.05, 0.1) is 6.42 Å². The number of hydrazone groups is 1. The lowest BCUT2D eigenvalue weighted by Gasteiger charge is -2.24. The lowest BCUT2D eigenvalue weighted by molar-refractivity contribution is -0.146. The highest BCUT2D eigenvalue weighted by Gasteiger charge is 2.40. The number of amides is 2. The Labute approximate surface area is 101 Å². The quantitative estimate of drug-likeness (QED) is 0.439. The van der Waals surface area contributed by atoms with E-state index in [4.69, 9.17) is 10.5 Å². The molecule has 0 aromatic carbocycles. The van der Waals surface area contributed by atoms with Crippen LogP contribution in [0.15, 0.2) is 5.10 Å². The molecular formula is C11H19N3O3. The summed E-state index contributed by atoms with van der Waals surface area (Å²) in [6.45, 7) is 5.63. The third kappa shape index (κ3) is 4.05. The Morgan fingerprint density at radius 1 is 1.65 bits per heavy atom. The van der Waals surface area contributed by atoms with Crippen molar-refractivity contribution in [2.24, 2.45) is 16.8 Å². The summed E-state index contributed by atoms with van der Waals surface area (Å²) >= 11 is 0. The van der Waals surface area contributed by atoms with Crippen LogP contribution in [0.5, 0.6) is 0 Å². The van der Waals surface area contributed by atoms with Crippen LogP contribution in [0, 0.1) is 5.92 Å². The number of hydrogen-bond acceptors (Lipinski definition) is 4. The average Bonchev–Trinajstić information content (AvgIpc) is 2.45. The Hall–Kier alpha value is -1.59. The molecule has 6 nitrogen and oxygen atoms in total. The van der Waals surface area contributed by atoms with Gasteiger partial charge in [0.25, 0.3) is 0 Å². The van der Waals surface area contributed by atoms with Crippen LogP contribution >= 0.6 is 0 Å². The molecule has 0 aromatic rings. The van der Waals surface area contributed by atoms with Crippen LogP contribution in [0.25, 0.3) is 0 Å². The van der Waals surface area contributed by atoms with Gasteiger partial charge in [-0.05, 0) is 33.6 Å². The van der Waals surface area contributed by atoms with Crippen molar-refractivity contribution in [1.29, 1.82) is 0 Å². The summed E-state index contributed by atoms with van der Waals surface area (Å²) in [5.74, 6) is 0.0404. The van der Waals surface area contributed by atoms with Crippen molar-refractivity contribution < 1.29 is 14.3 Å². The summed E-state index contributed by atoms with van der Waals surface area (Å²) in [6.07, 6.45) is 1.95. The van der Waals surface area contributed by atoms with Gasteiger partial charge in [0.1, 0.15) is 5.60 Å². The predicted octanol–water partition coefficient (Wildman–Crippen LogP) is 1.15. The lowest BCUT2D eigenvalue weighted by atomic mass is 9.86. The largest absolute Gasteiger partial charge is 0.459 e. The Bertz CT molecular complexity index is 350. The molecule has 0 aromatic heterocycles. The van der Waals surface area contributed by atoms with Gasteiger partial charge in [0.15, 0.2) is 0 Å². The number of urea groups is 1. The number of nitrogens with two attached hydrogens (primary N) is 1. The third-order valence-electron chi connectivity index (χ3n) is 2.98. The smallest absolute Gasteiger partial charge is 0.332 e. The van der Waals surface area contributed by atoms with E-state index in [1.54, 1.807) is 6.92 Å². The molecule has 0 bridgehead atoms. The maximum absolute atomic E-state index is 11.2. The molecule has 1 atom stereocenters. The van der Waals surface area contributed by atoms with Crippen LogP contribution < -0.4 is 11.2 Å². The summed E-state index contributed by atoms with van der Waals surface area (Å²) in [4.78, 5) is 21.7. The highest BCUT2D eigenvalue weighted by molar-refractivity contribution is 5.83. The molecule has 1 saturated heterocycles. The Morgan fingerprint density at radius 2 is 2.29 bits per heavy atom. The second-order valence-corrected chi connectivity index (χ2v) is 4.84. The van der Waals surface area contributed by atoms with E-state index in [0.717, 1.165) is 12.1 Å². The van der Waals surface area contributed by atoms with Crippen LogP contribution in [-0.2, 0) is 9.53 Å². The fourth-order valence-electron chi connectivity index (χ4n) is 1.90. The van der Waals surface area contributed by atoms with E-state index in [9.17, 15) is 9.59 Å². The van der Waals surface area contributed by atoms with Gasteiger partial charge in [-0.15, -0.1) is 0 Å². The molecule has 96 valence electrons. The summed E-state index contributed by atoms with van der Waals surface area (Å²) < 4.78 is 5.22. The number of nitrogens with one attached hydrogen (secondary N) is 1. The van der Waals surface area contributed by atoms with E-state index in [-0.39, 0.29) is 11.9 Å².